The minimum atomic E-state index is -1.12. The highest BCUT2D eigenvalue weighted by molar-refractivity contribution is 5.69. The molecule has 0 spiro atoms. The summed E-state index contributed by atoms with van der Waals surface area (Å²) >= 11 is 0. The van der Waals surface area contributed by atoms with E-state index in [9.17, 15) is 9.90 Å². The SMILES string of the molecule is CCCC(=O)O[C@H]1OC([C@H](O)CO)[C@@H]2OC(C)(C)O[C@H]12. The highest BCUT2D eigenvalue weighted by Crippen LogP contribution is 2.40. The van der Waals surface area contributed by atoms with Crippen LogP contribution in [-0.2, 0) is 23.7 Å². The first kappa shape index (κ1) is 15.7. The van der Waals surface area contributed by atoms with Crippen molar-refractivity contribution in [1.29, 1.82) is 0 Å². The number of ether oxygens (including phenoxy) is 4. The van der Waals surface area contributed by atoms with Crippen LogP contribution in [0.5, 0.6) is 0 Å². The van der Waals surface area contributed by atoms with Gasteiger partial charge in [-0.15, -0.1) is 0 Å². The topological polar surface area (TPSA) is 94.5 Å². The number of carbonyl (C=O) groups excluding carboxylic acids is 1. The van der Waals surface area contributed by atoms with Crippen LogP contribution in [0.25, 0.3) is 0 Å². The Balaban J connectivity index is 2.08. The zero-order valence-electron chi connectivity index (χ0n) is 11.9. The van der Waals surface area contributed by atoms with Crippen LogP contribution in [0.3, 0.4) is 0 Å². The molecule has 0 saturated carbocycles. The second-order valence-corrected chi connectivity index (χ2v) is 5.52. The van der Waals surface area contributed by atoms with Crippen molar-refractivity contribution in [1.82, 2.24) is 0 Å². The summed E-state index contributed by atoms with van der Waals surface area (Å²) in [6, 6.07) is 0. The molecule has 2 heterocycles. The van der Waals surface area contributed by atoms with E-state index in [4.69, 9.17) is 24.1 Å². The highest BCUT2D eigenvalue weighted by atomic mass is 16.8. The molecule has 0 aromatic heterocycles. The fourth-order valence-corrected chi connectivity index (χ4v) is 2.49. The normalized spacial score (nSPS) is 36.6. The van der Waals surface area contributed by atoms with E-state index in [-0.39, 0.29) is 12.4 Å². The Labute approximate surface area is 117 Å². The smallest absolute Gasteiger partial charge is 0.308 e. The summed E-state index contributed by atoms with van der Waals surface area (Å²) < 4.78 is 22.1. The molecule has 2 fully saturated rings. The second-order valence-electron chi connectivity index (χ2n) is 5.52. The van der Waals surface area contributed by atoms with Gasteiger partial charge in [-0.2, -0.15) is 0 Å². The second kappa shape index (κ2) is 5.95. The van der Waals surface area contributed by atoms with Crippen LogP contribution in [0, 0.1) is 0 Å². The van der Waals surface area contributed by atoms with E-state index >= 15 is 0 Å². The first-order valence-corrected chi connectivity index (χ1v) is 6.87. The lowest BCUT2D eigenvalue weighted by Gasteiger charge is -2.25. The Morgan fingerprint density at radius 1 is 1.35 bits per heavy atom. The van der Waals surface area contributed by atoms with Gasteiger partial charge in [-0.25, -0.2) is 0 Å². The van der Waals surface area contributed by atoms with E-state index < -0.39 is 43.1 Å². The molecule has 0 aliphatic carbocycles. The monoisotopic (exact) mass is 290 g/mol. The summed E-state index contributed by atoms with van der Waals surface area (Å²) in [6.45, 7) is 4.88. The standard InChI is InChI=1S/C13H22O7/c1-4-5-8(16)17-12-11-10(19-13(2,3)20-11)9(18-12)7(15)6-14/h7,9-12,14-15H,4-6H2,1-3H3/t7-,9?,10+,11+,12+/m1/s1. The Kier molecular flexibility index (Phi) is 4.66. The van der Waals surface area contributed by atoms with Gasteiger partial charge in [-0.1, -0.05) is 6.92 Å². The average Bonchev–Trinajstić information content (AvgIpc) is 2.83. The third-order valence-corrected chi connectivity index (χ3v) is 3.31. The number of rotatable bonds is 5. The van der Waals surface area contributed by atoms with Gasteiger partial charge in [0.1, 0.15) is 18.3 Å². The molecule has 5 atom stereocenters. The summed E-state index contributed by atoms with van der Waals surface area (Å²) in [7, 11) is 0. The number of hydrogen-bond donors (Lipinski definition) is 2. The van der Waals surface area contributed by atoms with E-state index in [1.165, 1.54) is 0 Å². The summed E-state index contributed by atoms with van der Waals surface area (Å²) in [6.07, 6.45) is -3.04. The van der Waals surface area contributed by atoms with Crippen molar-refractivity contribution in [3.8, 4) is 0 Å². The zero-order chi connectivity index (χ0) is 14.9. The predicted molar refractivity (Wildman–Crippen MR) is 66.6 cm³/mol. The molecule has 0 radical (unpaired) electrons. The Morgan fingerprint density at radius 3 is 2.60 bits per heavy atom. The maximum atomic E-state index is 11.6. The molecule has 2 N–H and O–H groups in total. The number of fused-ring (bicyclic) bond motifs is 1. The summed E-state index contributed by atoms with van der Waals surface area (Å²) in [4.78, 5) is 11.6. The lowest BCUT2D eigenvalue weighted by molar-refractivity contribution is -0.241. The number of aliphatic hydroxyl groups is 2. The van der Waals surface area contributed by atoms with E-state index in [0.29, 0.717) is 6.42 Å². The fraction of sp³-hybridized carbons (Fsp3) is 0.923. The maximum absolute atomic E-state index is 11.6. The fourth-order valence-electron chi connectivity index (χ4n) is 2.49. The lowest BCUT2D eigenvalue weighted by Crippen LogP contribution is -2.40. The van der Waals surface area contributed by atoms with Gasteiger partial charge in [-0.05, 0) is 20.3 Å². The van der Waals surface area contributed by atoms with Gasteiger partial charge < -0.3 is 29.2 Å². The van der Waals surface area contributed by atoms with Crippen LogP contribution < -0.4 is 0 Å². The van der Waals surface area contributed by atoms with Crippen LogP contribution in [-0.4, -0.2) is 59.3 Å². The molecule has 2 aliphatic rings. The van der Waals surface area contributed by atoms with Crippen molar-refractivity contribution >= 4 is 5.97 Å². The third kappa shape index (κ3) is 3.12. The molecular weight excluding hydrogens is 268 g/mol. The van der Waals surface area contributed by atoms with E-state index in [2.05, 4.69) is 0 Å². The maximum Gasteiger partial charge on any atom is 0.308 e. The Morgan fingerprint density at radius 2 is 2.00 bits per heavy atom. The van der Waals surface area contributed by atoms with Crippen LogP contribution in [0.4, 0.5) is 0 Å². The van der Waals surface area contributed by atoms with Crippen molar-refractivity contribution in [3.05, 3.63) is 0 Å². The molecular formula is C13H22O7. The minimum absolute atomic E-state index is 0.286. The number of esters is 1. The molecule has 2 saturated heterocycles. The Bertz CT molecular complexity index is 357. The largest absolute Gasteiger partial charge is 0.433 e. The summed E-state index contributed by atoms with van der Waals surface area (Å²) in [5.74, 6) is -1.23. The van der Waals surface area contributed by atoms with Gasteiger partial charge in [0.2, 0.25) is 6.29 Å². The third-order valence-electron chi connectivity index (χ3n) is 3.31. The van der Waals surface area contributed by atoms with Gasteiger partial charge >= 0.3 is 5.97 Å². The van der Waals surface area contributed by atoms with Crippen molar-refractivity contribution in [3.63, 3.8) is 0 Å². The van der Waals surface area contributed by atoms with Crippen LogP contribution in [0.1, 0.15) is 33.6 Å². The number of carbonyl (C=O) groups is 1. The first-order valence-electron chi connectivity index (χ1n) is 6.87. The number of aliphatic hydroxyl groups excluding tert-OH is 2. The summed E-state index contributed by atoms with van der Waals surface area (Å²) in [5.41, 5.74) is 0. The molecule has 1 unspecified atom stereocenters. The summed E-state index contributed by atoms with van der Waals surface area (Å²) in [5, 5.41) is 18.8. The van der Waals surface area contributed by atoms with E-state index in [1.807, 2.05) is 6.92 Å². The molecule has 0 amide bonds. The van der Waals surface area contributed by atoms with Crippen LogP contribution >= 0.6 is 0 Å². The van der Waals surface area contributed by atoms with Gasteiger partial charge in [-0.3, -0.25) is 4.79 Å². The van der Waals surface area contributed by atoms with Crippen molar-refractivity contribution in [2.45, 2.75) is 70.1 Å². The van der Waals surface area contributed by atoms with Gasteiger partial charge in [0.05, 0.1) is 6.61 Å². The molecule has 0 aromatic rings. The van der Waals surface area contributed by atoms with Crippen LogP contribution in [0.2, 0.25) is 0 Å². The molecule has 7 nitrogen and oxygen atoms in total. The predicted octanol–water partition coefficient (Wildman–Crippen LogP) is -0.0721. The molecule has 116 valence electrons. The zero-order valence-corrected chi connectivity index (χ0v) is 11.9. The molecule has 0 aromatic carbocycles. The molecule has 0 bridgehead atoms. The molecule has 2 rings (SSSR count). The molecule has 20 heavy (non-hydrogen) atoms. The van der Waals surface area contributed by atoms with Crippen LogP contribution in [0.15, 0.2) is 0 Å². The van der Waals surface area contributed by atoms with Crippen molar-refractivity contribution in [2.24, 2.45) is 0 Å². The quantitative estimate of drug-likeness (QED) is 0.684. The highest BCUT2D eigenvalue weighted by Gasteiger charge is 2.58. The van der Waals surface area contributed by atoms with Gasteiger partial charge in [0.25, 0.3) is 0 Å². The molecule has 7 heteroatoms. The minimum Gasteiger partial charge on any atom is -0.433 e. The van der Waals surface area contributed by atoms with E-state index in [1.54, 1.807) is 13.8 Å². The average molecular weight is 290 g/mol. The van der Waals surface area contributed by atoms with Gasteiger partial charge in [0, 0.05) is 6.42 Å². The Hall–Kier alpha value is -0.730. The molecule has 2 aliphatic heterocycles. The van der Waals surface area contributed by atoms with Crippen molar-refractivity contribution in [2.75, 3.05) is 6.61 Å². The first-order chi connectivity index (χ1) is 9.38. The van der Waals surface area contributed by atoms with E-state index in [0.717, 1.165) is 0 Å². The van der Waals surface area contributed by atoms with Crippen molar-refractivity contribution < 1.29 is 34.0 Å². The number of hydrogen-bond acceptors (Lipinski definition) is 7. The van der Waals surface area contributed by atoms with Gasteiger partial charge in [0.15, 0.2) is 11.9 Å². The lowest BCUT2D eigenvalue weighted by atomic mass is 10.1.